The molecule has 0 radical (unpaired) electrons. The Morgan fingerprint density at radius 2 is 1.91 bits per heavy atom. The SMILES string of the molecule is CCN(Cc1ccc(OC)cc1)c1nc(Nc2cc(C#N)cc(N3CCN([C@@H](C)C(N)=O)CC3)c2Cl)nn2c(C#N)cnc12. The Labute approximate surface area is 260 Å². The summed E-state index contributed by atoms with van der Waals surface area (Å²) >= 11 is 6.94. The maximum Gasteiger partial charge on any atom is 0.247 e. The van der Waals surface area contributed by atoms with Gasteiger partial charge in [0, 0.05) is 39.3 Å². The second-order valence-electron chi connectivity index (χ2n) is 10.3. The highest BCUT2D eigenvalue weighted by atomic mass is 35.5. The number of carbonyl (C=O) groups excluding carboxylic acids is 1. The van der Waals surface area contributed by atoms with Crippen LogP contribution in [0.25, 0.3) is 5.65 Å². The highest BCUT2D eigenvalue weighted by Crippen LogP contribution is 2.37. The zero-order valence-electron chi connectivity index (χ0n) is 24.7. The van der Waals surface area contributed by atoms with Gasteiger partial charge in [0.2, 0.25) is 11.9 Å². The van der Waals surface area contributed by atoms with Crippen molar-refractivity contribution in [2.24, 2.45) is 5.73 Å². The number of nitriles is 2. The number of primary amides is 1. The lowest BCUT2D eigenvalue weighted by Crippen LogP contribution is -2.53. The van der Waals surface area contributed by atoms with Crippen molar-refractivity contribution in [2.75, 3.05) is 55.0 Å². The topological polar surface area (TPSA) is 165 Å². The van der Waals surface area contributed by atoms with Crippen molar-refractivity contribution in [3.63, 3.8) is 0 Å². The van der Waals surface area contributed by atoms with E-state index < -0.39 is 0 Å². The number of carbonyl (C=O) groups is 1. The third-order valence-corrected chi connectivity index (χ3v) is 8.11. The van der Waals surface area contributed by atoms with Crippen molar-refractivity contribution in [3.8, 4) is 17.9 Å². The molecule has 1 aliphatic rings. The number of ether oxygens (including phenoxy) is 1. The van der Waals surface area contributed by atoms with E-state index >= 15 is 0 Å². The number of halogens is 1. The molecule has 14 heteroatoms. The van der Waals surface area contributed by atoms with Gasteiger partial charge in [0.15, 0.2) is 17.2 Å². The normalized spacial score (nSPS) is 14.1. The highest BCUT2D eigenvalue weighted by Gasteiger charge is 2.26. The average molecular weight is 614 g/mol. The van der Waals surface area contributed by atoms with Crippen molar-refractivity contribution < 1.29 is 9.53 Å². The van der Waals surface area contributed by atoms with E-state index in [2.05, 4.69) is 32.4 Å². The van der Waals surface area contributed by atoms with Gasteiger partial charge in [-0.25, -0.2) is 4.98 Å². The molecule has 44 heavy (non-hydrogen) atoms. The second kappa shape index (κ2) is 13.0. The molecule has 1 fully saturated rings. The van der Waals surface area contributed by atoms with Crippen molar-refractivity contribution in [3.05, 3.63) is 64.4 Å². The molecule has 4 aromatic rings. The monoisotopic (exact) mass is 613 g/mol. The molecule has 13 nitrogen and oxygen atoms in total. The van der Waals surface area contributed by atoms with Crippen molar-refractivity contribution in [2.45, 2.75) is 26.4 Å². The minimum atomic E-state index is -0.370. The number of anilines is 4. The van der Waals surface area contributed by atoms with E-state index in [0.717, 1.165) is 11.3 Å². The number of nitrogens with zero attached hydrogens (tertiary/aromatic N) is 9. The van der Waals surface area contributed by atoms with Gasteiger partial charge in [-0.05, 0) is 43.7 Å². The lowest BCUT2D eigenvalue weighted by atomic mass is 10.1. The molecule has 1 atom stereocenters. The van der Waals surface area contributed by atoms with Gasteiger partial charge in [0.1, 0.15) is 11.8 Å². The lowest BCUT2D eigenvalue weighted by Gasteiger charge is -2.38. The van der Waals surface area contributed by atoms with E-state index in [0.29, 0.717) is 72.7 Å². The quantitative estimate of drug-likeness (QED) is 0.269. The van der Waals surface area contributed by atoms with E-state index in [-0.39, 0.29) is 23.6 Å². The first-order chi connectivity index (χ1) is 21.3. The van der Waals surface area contributed by atoms with Crippen LogP contribution >= 0.6 is 11.6 Å². The van der Waals surface area contributed by atoms with Crippen LogP contribution in [-0.4, -0.2) is 76.3 Å². The molecule has 5 rings (SSSR count). The Hall–Kier alpha value is -5.11. The summed E-state index contributed by atoms with van der Waals surface area (Å²) in [6.45, 7) is 7.34. The van der Waals surface area contributed by atoms with Gasteiger partial charge in [0.25, 0.3) is 0 Å². The molecule has 3 heterocycles. The molecule has 1 aliphatic heterocycles. The molecule has 0 spiro atoms. The lowest BCUT2D eigenvalue weighted by molar-refractivity contribution is -0.122. The predicted molar refractivity (Wildman–Crippen MR) is 167 cm³/mol. The predicted octanol–water partition coefficient (Wildman–Crippen LogP) is 3.30. The largest absolute Gasteiger partial charge is 0.497 e. The molecular weight excluding hydrogens is 582 g/mol. The number of methoxy groups -OCH3 is 1. The van der Waals surface area contributed by atoms with Crippen LogP contribution in [0.4, 0.5) is 23.1 Å². The summed E-state index contributed by atoms with van der Waals surface area (Å²) in [4.78, 5) is 27.1. The summed E-state index contributed by atoms with van der Waals surface area (Å²) in [6.07, 6.45) is 1.46. The van der Waals surface area contributed by atoms with E-state index in [1.165, 1.54) is 10.7 Å². The maximum absolute atomic E-state index is 11.7. The average Bonchev–Trinajstić information content (AvgIpc) is 3.47. The zero-order chi connectivity index (χ0) is 31.4. The smallest absolute Gasteiger partial charge is 0.247 e. The number of aromatic nitrogens is 4. The fourth-order valence-electron chi connectivity index (χ4n) is 5.14. The van der Waals surface area contributed by atoms with Crippen molar-refractivity contribution in [1.82, 2.24) is 24.5 Å². The number of hydrogen-bond acceptors (Lipinski definition) is 11. The van der Waals surface area contributed by atoms with Crippen LogP contribution in [-0.2, 0) is 11.3 Å². The minimum Gasteiger partial charge on any atom is -0.497 e. The van der Waals surface area contributed by atoms with Crippen molar-refractivity contribution >= 4 is 46.3 Å². The molecular formula is C30H32ClN11O2. The Morgan fingerprint density at radius 1 is 1.18 bits per heavy atom. The number of benzene rings is 2. The fraction of sp³-hybridized carbons (Fsp3) is 0.333. The van der Waals surface area contributed by atoms with Gasteiger partial charge in [-0.15, -0.1) is 5.10 Å². The highest BCUT2D eigenvalue weighted by molar-refractivity contribution is 6.36. The number of fused-ring (bicyclic) bond motifs is 1. The van der Waals surface area contributed by atoms with Gasteiger partial charge < -0.3 is 25.6 Å². The first-order valence-corrected chi connectivity index (χ1v) is 14.5. The number of amides is 1. The number of hydrogen-bond donors (Lipinski definition) is 2. The first-order valence-electron chi connectivity index (χ1n) is 14.1. The summed E-state index contributed by atoms with van der Waals surface area (Å²) in [7, 11) is 1.62. The molecule has 2 aromatic heterocycles. The van der Waals surface area contributed by atoms with E-state index in [9.17, 15) is 15.3 Å². The van der Waals surface area contributed by atoms with E-state index in [1.54, 1.807) is 26.2 Å². The number of rotatable bonds is 10. The summed E-state index contributed by atoms with van der Waals surface area (Å²) in [5.41, 5.74) is 8.72. The molecule has 0 bridgehead atoms. The third-order valence-electron chi connectivity index (χ3n) is 7.72. The summed E-state index contributed by atoms with van der Waals surface area (Å²) in [5, 5.41) is 27.7. The third kappa shape index (κ3) is 6.15. The van der Waals surface area contributed by atoms with Crippen molar-refractivity contribution in [1.29, 1.82) is 10.5 Å². The van der Waals surface area contributed by atoms with Crippen LogP contribution in [0.3, 0.4) is 0 Å². The molecule has 0 saturated carbocycles. The van der Waals surface area contributed by atoms with Crippen LogP contribution < -0.4 is 25.6 Å². The Kier molecular flexibility index (Phi) is 8.99. The van der Waals surface area contributed by atoms with Crippen LogP contribution in [0.15, 0.2) is 42.6 Å². The number of nitrogens with one attached hydrogen (secondary N) is 1. The Bertz CT molecular complexity index is 1750. The second-order valence-corrected chi connectivity index (χ2v) is 10.7. The molecule has 1 amide bonds. The molecule has 0 aliphatic carbocycles. The number of piperazine rings is 1. The Morgan fingerprint density at radius 3 is 2.52 bits per heavy atom. The zero-order valence-corrected chi connectivity index (χ0v) is 25.4. The molecule has 0 unspecified atom stereocenters. The summed E-state index contributed by atoms with van der Waals surface area (Å²) < 4.78 is 6.73. The van der Waals surface area contributed by atoms with Crippen LogP contribution in [0.1, 0.15) is 30.7 Å². The first kappa shape index (κ1) is 30.4. The van der Waals surface area contributed by atoms with Crippen LogP contribution in [0.2, 0.25) is 5.02 Å². The van der Waals surface area contributed by atoms with Gasteiger partial charge in [-0.3, -0.25) is 9.69 Å². The number of imidazole rings is 1. The minimum absolute atomic E-state index is 0.179. The van der Waals surface area contributed by atoms with Gasteiger partial charge in [0.05, 0.1) is 47.4 Å². The van der Waals surface area contributed by atoms with Gasteiger partial charge in [-0.2, -0.15) is 20.0 Å². The van der Waals surface area contributed by atoms with Gasteiger partial charge >= 0.3 is 0 Å². The molecule has 3 N–H and O–H groups in total. The molecule has 226 valence electrons. The summed E-state index contributed by atoms with van der Waals surface area (Å²) in [5.74, 6) is 1.10. The molecule has 2 aromatic carbocycles. The fourth-order valence-corrected chi connectivity index (χ4v) is 5.42. The van der Waals surface area contributed by atoms with Crippen LogP contribution in [0.5, 0.6) is 5.75 Å². The van der Waals surface area contributed by atoms with E-state index in [4.69, 9.17) is 27.1 Å². The van der Waals surface area contributed by atoms with E-state index in [1.807, 2.05) is 41.0 Å². The van der Waals surface area contributed by atoms with Crippen LogP contribution in [0, 0.1) is 22.7 Å². The summed E-state index contributed by atoms with van der Waals surface area (Å²) in [6, 6.07) is 15.1. The Balaban J connectivity index is 1.49. The molecule has 1 saturated heterocycles. The standard InChI is InChI=1S/C30H32ClN11O2/c1-4-39(18-20-5-7-23(44-3)8-6-20)29-28-35-17-22(16-33)42(28)38-30(37-29)36-24-13-21(15-32)14-25(26(24)31)41-11-9-40(10-12-41)19(2)27(34)43/h5-8,13-14,17,19H,4,9-12,18H2,1-3H3,(H2,34,43)(H,36,38)/t19-/m0/s1. The number of nitrogens with two attached hydrogens (primary N) is 1. The maximum atomic E-state index is 11.7. The van der Waals surface area contributed by atoms with Gasteiger partial charge in [-0.1, -0.05) is 23.7 Å².